The van der Waals surface area contributed by atoms with Gasteiger partial charge in [-0.25, -0.2) is 4.79 Å². The third kappa shape index (κ3) is 6.90. The molecule has 1 fully saturated rings. The average molecular weight is 376 g/mol. The summed E-state index contributed by atoms with van der Waals surface area (Å²) in [6.07, 6.45) is 1.42. The molecule has 0 radical (unpaired) electrons. The number of carbonyl (C=O) groups is 3. The van der Waals surface area contributed by atoms with Crippen LogP contribution in [0.5, 0.6) is 5.75 Å². The van der Waals surface area contributed by atoms with Crippen molar-refractivity contribution < 1.29 is 19.1 Å². The number of urea groups is 1. The van der Waals surface area contributed by atoms with Crippen molar-refractivity contribution in [3.8, 4) is 5.75 Å². The first-order valence-electron chi connectivity index (χ1n) is 9.15. The third-order valence-electron chi connectivity index (χ3n) is 4.36. The highest BCUT2D eigenvalue weighted by atomic mass is 16.5. The summed E-state index contributed by atoms with van der Waals surface area (Å²) in [5.74, 6) is 0.381. The van der Waals surface area contributed by atoms with Crippen molar-refractivity contribution in [2.45, 2.75) is 32.7 Å². The van der Waals surface area contributed by atoms with E-state index in [0.717, 1.165) is 0 Å². The van der Waals surface area contributed by atoms with Gasteiger partial charge in [0.1, 0.15) is 5.75 Å². The summed E-state index contributed by atoms with van der Waals surface area (Å²) >= 11 is 0. The van der Waals surface area contributed by atoms with Crippen LogP contribution < -0.4 is 20.7 Å². The first kappa shape index (κ1) is 20.7. The van der Waals surface area contributed by atoms with E-state index in [0.29, 0.717) is 37.4 Å². The van der Waals surface area contributed by atoms with Gasteiger partial charge in [-0.05, 0) is 64.0 Å². The largest absolute Gasteiger partial charge is 0.497 e. The normalized spacial score (nSPS) is 15.3. The standard InChI is InChI=1S/C19H28N4O4/c1-13(2)20-18(25)14-8-10-23(11-9-14)12-17(24)22-19(26)21-15-4-6-16(27-3)7-5-15/h4-7,13-14H,8-12H2,1-3H3,(H,20,25)(H2,21,22,24,26). The molecule has 8 nitrogen and oxygen atoms in total. The van der Waals surface area contributed by atoms with Crippen LogP contribution in [-0.4, -0.2) is 55.5 Å². The van der Waals surface area contributed by atoms with Crippen LogP contribution in [-0.2, 0) is 9.59 Å². The average Bonchev–Trinajstić information content (AvgIpc) is 2.62. The number of hydrogen-bond donors (Lipinski definition) is 3. The van der Waals surface area contributed by atoms with Crippen LogP contribution in [0, 0.1) is 5.92 Å². The Morgan fingerprint density at radius 3 is 2.33 bits per heavy atom. The van der Waals surface area contributed by atoms with E-state index in [2.05, 4.69) is 16.0 Å². The highest BCUT2D eigenvalue weighted by Crippen LogP contribution is 2.17. The van der Waals surface area contributed by atoms with E-state index in [9.17, 15) is 14.4 Å². The van der Waals surface area contributed by atoms with Crippen LogP contribution in [0.3, 0.4) is 0 Å². The Labute approximate surface area is 159 Å². The summed E-state index contributed by atoms with van der Waals surface area (Å²) in [6, 6.07) is 6.38. The maximum Gasteiger partial charge on any atom is 0.325 e. The predicted octanol–water partition coefficient (Wildman–Crippen LogP) is 1.58. The van der Waals surface area contributed by atoms with Gasteiger partial charge in [0.25, 0.3) is 0 Å². The van der Waals surface area contributed by atoms with Gasteiger partial charge in [-0.3, -0.25) is 19.8 Å². The number of ether oxygens (including phenoxy) is 1. The molecule has 1 saturated heterocycles. The molecule has 1 heterocycles. The summed E-state index contributed by atoms with van der Waals surface area (Å²) in [6.45, 7) is 5.32. The molecule has 0 atom stereocenters. The molecule has 0 bridgehead atoms. The van der Waals surface area contributed by atoms with Crippen LogP contribution >= 0.6 is 0 Å². The van der Waals surface area contributed by atoms with E-state index in [-0.39, 0.29) is 30.3 Å². The second kappa shape index (κ2) is 9.91. The summed E-state index contributed by atoms with van der Waals surface area (Å²) < 4.78 is 5.05. The molecule has 0 unspecified atom stereocenters. The van der Waals surface area contributed by atoms with E-state index in [1.54, 1.807) is 31.4 Å². The second-order valence-corrected chi connectivity index (χ2v) is 6.94. The third-order valence-corrected chi connectivity index (χ3v) is 4.36. The van der Waals surface area contributed by atoms with Gasteiger partial charge in [0.2, 0.25) is 11.8 Å². The molecule has 1 aromatic rings. The number of carbonyl (C=O) groups excluding carboxylic acids is 3. The Hall–Kier alpha value is -2.61. The molecule has 4 amide bonds. The number of nitrogens with zero attached hydrogens (tertiary/aromatic N) is 1. The zero-order chi connectivity index (χ0) is 19.8. The molecule has 3 N–H and O–H groups in total. The zero-order valence-corrected chi connectivity index (χ0v) is 16.1. The molecule has 27 heavy (non-hydrogen) atoms. The SMILES string of the molecule is COc1ccc(NC(=O)NC(=O)CN2CCC(C(=O)NC(C)C)CC2)cc1. The number of amides is 4. The molecular formula is C19H28N4O4. The maximum absolute atomic E-state index is 12.1. The number of benzene rings is 1. The van der Waals surface area contributed by atoms with E-state index >= 15 is 0 Å². The first-order valence-corrected chi connectivity index (χ1v) is 9.15. The lowest BCUT2D eigenvalue weighted by molar-refractivity contribution is -0.127. The number of likely N-dealkylation sites (tertiary alicyclic amines) is 1. The van der Waals surface area contributed by atoms with Gasteiger partial charge in [-0.2, -0.15) is 0 Å². The van der Waals surface area contributed by atoms with Crippen LogP contribution in [0.4, 0.5) is 10.5 Å². The van der Waals surface area contributed by atoms with Gasteiger partial charge < -0.3 is 15.4 Å². The van der Waals surface area contributed by atoms with Crippen molar-refractivity contribution in [2.75, 3.05) is 32.1 Å². The number of hydrogen-bond acceptors (Lipinski definition) is 5. The molecule has 1 aromatic carbocycles. The molecule has 0 spiro atoms. The van der Waals surface area contributed by atoms with Crippen molar-refractivity contribution in [1.82, 2.24) is 15.5 Å². The number of methoxy groups -OCH3 is 1. The Kier molecular flexibility index (Phi) is 7.60. The summed E-state index contributed by atoms with van der Waals surface area (Å²) in [7, 11) is 1.56. The minimum absolute atomic E-state index is 0.00918. The molecule has 0 saturated carbocycles. The minimum atomic E-state index is -0.573. The quantitative estimate of drug-likeness (QED) is 0.700. The lowest BCUT2D eigenvalue weighted by Crippen LogP contribution is -2.46. The Morgan fingerprint density at radius 2 is 1.78 bits per heavy atom. The smallest absolute Gasteiger partial charge is 0.325 e. The molecule has 1 aliphatic rings. The van der Waals surface area contributed by atoms with Gasteiger partial charge >= 0.3 is 6.03 Å². The second-order valence-electron chi connectivity index (χ2n) is 6.94. The summed E-state index contributed by atoms with van der Waals surface area (Å²) in [5, 5.41) is 7.85. The van der Waals surface area contributed by atoms with E-state index in [4.69, 9.17) is 4.74 Å². The van der Waals surface area contributed by atoms with Crippen LogP contribution in [0.25, 0.3) is 0 Å². The van der Waals surface area contributed by atoms with Crippen molar-refractivity contribution >= 4 is 23.5 Å². The van der Waals surface area contributed by atoms with Crippen LogP contribution in [0.15, 0.2) is 24.3 Å². The number of imide groups is 1. The molecule has 0 aliphatic carbocycles. The Morgan fingerprint density at radius 1 is 1.15 bits per heavy atom. The summed E-state index contributed by atoms with van der Waals surface area (Å²) in [4.78, 5) is 38.0. The molecule has 148 valence electrons. The van der Waals surface area contributed by atoms with E-state index in [1.807, 2.05) is 18.7 Å². The number of anilines is 1. The predicted molar refractivity (Wildman–Crippen MR) is 103 cm³/mol. The van der Waals surface area contributed by atoms with Crippen molar-refractivity contribution in [1.29, 1.82) is 0 Å². The lowest BCUT2D eigenvalue weighted by atomic mass is 9.95. The van der Waals surface area contributed by atoms with Crippen LogP contribution in [0.2, 0.25) is 0 Å². The molecule has 2 rings (SSSR count). The summed E-state index contributed by atoms with van der Waals surface area (Å²) in [5.41, 5.74) is 0.568. The topological polar surface area (TPSA) is 99.8 Å². The fourth-order valence-electron chi connectivity index (χ4n) is 2.96. The van der Waals surface area contributed by atoms with Crippen molar-refractivity contribution in [3.63, 3.8) is 0 Å². The van der Waals surface area contributed by atoms with Gasteiger partial charge in [0.05, 0.1) is 13.7 Å². The lowest BCUT2D eigenvalue weighted by Gasteiger charge is -2.31. The first-order chi connectivity index (χ1) is 12.9. The van der Waals surface area contributed by atoms with Crippen LogP contribution in [0.1, 0.15) is 26.7 Å². The van der Waals surface area contributed by atoms with Crippen molar-refractivity contribution in [3.05, 3.63) is 24.3 Å². The van der Waals surface area contributed by atoms with Gasteiger partial charge in [-0.15, -0.1) is 0 Å². The fraction of sp³-hybridized carbons (Fsp3) is 0.526. The van der Waals surface area contributed by atoms with Crippen molar-refractivity contribution in [2.24, 2.45) is 5.92 Å². The Balaban J connectivity index is 1.71. The molecule has 8 heteroatoms. The van der Waals surface area contributed by atoms with E-state index in [1.165, 1.54) is 0 Å². The van der Waals surface area contributed by atoms with Gasteiger partial charge in [0, 0.05) is 17.6 Å². The highest BCUT2D eigenvalue weighted by Gasteiger charge is 2.26. The minimum Gasteiger partial charge on any atom is -0.497 e. The molecule has 0 aromatic heterocycles. The number of rotatable bonds is 6. The zero-order valence-electron chi connectivity index (χ0n) is 16.1. The molecule has 1 aliphatic heterocycles. The Bertz CT molecular complexity index is 652. The van der Waals surface area contributed by atoms with Gasteiger partial charge in [-0.1, -0.05) is 0 Å². The van der Waals surface area contributed by atoms with E-state index < -0.39 is 6.03 Å². The molecular weight excluding hydrogens is 348 g/mol. The number of nitrogens with one attached hydrogen (secondary N) is 3. The monoisotopic (exact) mass is 376 g/mol. The van der Waals surface area contributed by atoms with Gasteiger partial charge in [0.15, 0.2) is 0 Å². The fourth-order valence-corrected chi connectivity index (χ4v) is 2.96. The highest BCUT2D eigenvalue weighted by molar-refractivity contribution is 6.01. The number of piperidine rings is 1. The maximum atomic E-state index is 12.1.